The van der Waals surface area contributed by atoms with Gasteiger partial charge in [0.25, 0.3) is 0 Å². The first-order chi connectivity index (χ1) is 30.7. The molecule has 4 heterocycles. The normalized spacial score (nSPS) is 12.2. The molecule has 0 N–H and O–H groups in total. The molecule has 0 atom stereocenters. The Morgan fingerprint density at radius 3 is 1.98 bits per heavy atom. The van der Waals surface area contributed by atoms with E-state index < -0.39 is 14.0 Å². The first-order valence-corrected chi connectivity index (χ1v) is 25.5. The van der Waals surface area contributed by atoms with Crippen LogP contribution in [0.4, 0.5) is 0 Å². The van der Waals surface area contributed by atoms with Crippen LogP contribution < -0.4 is 5.19 Å². The summed E-state index contributed by atoms with van der Waals surface area (Å²) in [5.41, 5.74) is 14.4. The zero-order chi connectivity index (χ0) is 44.9. The third-order valence-corrected chi connectivity index (χ3v) is 14.0. The summed E-state index contributed by atoms with van der Waals surface area (Å²) in [6, 6.07) is 52.6. The van der Waals surface area contributed by atoms with Gasteiger partial charge in [0.1, 0.15) is 5.58 Å². The third kappa shape index (κ3) is 8.41. The van der Waals surface area contributed by atoms with Crippen LogP contribution in [0.1, 0.15) is 77.3 Å². The smallest absolute Gasteiger partial charge is 0.120 e. The van der Waals surface area contributed by atoms with Crippen molar-refractivity contribution >= 4 is 57.1 Å². The number of fused-ring (bicyclic) bond motifs is 6. The van der Waals surface area contributed by atoms with E-state index in [9.17, 15) is 0 Å². The molecule has 10 aromatic rings. The quantitative estimate of drug-likeness (QED) is 0.112. The Morgan fingerprint density at radius 1 is 0.641 bits per heavy atom. The van der Waals surface area contributed by atoms with Crippen molar-refractivity contribution < 1.29 is 25.9 Å². The number of nitrogens with zero attached hydrogens (tertiary/aromatic N) is 4. The summed E-state index contributed by atoms with van der Waals surface area (Å²) in [4.78, 5) is 14.9. The van der Waals surface area contributed by atoms with Crippen LogP contribution in [0, 0.1) is 12.1 Å². The summed E-state index contributed by atoms with van der Waals surface area (Å²) in [6.45, 7) is 19.9. The number of hydrogen-bond donors (Lipinski definition) is 0. The number of hydrogen-bond acceptors (Lipinski definition) is 4. The van der Waals surface area contributed by atoms with E-state index in [1.54, 1.807) is 0 Å². The molecule has 10 rings (SSSR count). The van der Waals surface area contributed by atoms with Gasteiger partial charge in [-0.25, -0.2) is 0 Å². The molecule has 0 aliphatic rings. The second-order valence-corrected chi connectivity index (χ2v) is 23.3. The van der Waals surface area contributed by atoms with Gasteiger partial charge < -0.3 is 14.0 Å². The van der Waals surface area contributed by atoms with E-state index in [-0.39, 0.29) is 31.9 Å². The average molecular weight is 1030 g/mol. The van der Waals surface area contributed by atoms with Gasteiger partial charge in [-0.1, -0.05) is 150 Å². The molecule has 0 aliphatic carbocycles. The van der Waals surface area contributed by atoms with E-state index in [1.165, 1.54) is 27.4 Å². The number of benzene rings is 6. The number of pyridine rings is 2. The van der Waals surface area contributed by atoms with Crippen LogP contribution in [-0.2, 0) is 20.1 Å². The Hall–Kier alpha value is -5.98. The fourth-order valence-electron chi connectivity index (χ4n) is 8.70. The van der Waals surface area contributed by atoms with Gasteiger partial charge in [-0.3, -0.25) is 9.97 Å². The minimum Gasteiger partial charge on any atom is -0.501 e. The number of furan rings is 1. The second-order valence-electron chi connectivity index (χ2n) is 18.3. The molecule has 6 aromatic carbocycles. The van der Waals surface area contributed by atoms with Crippen LogP contribution in [0.2, 0.25) is 19.6 Å². The van der Waals surface area contributed by atoms with Crippen molar-refractivity contribution in [3.05, 3.63) is 175 Å². The van der Waals surface area contributed by atoms with Gasteiger partial charge in [-0.15, -0.1) is 54.1 Å². The van der Waals surface area contributed by atoms with Gasteiger partial charge in [0.2, 0.25) is 0 Å². The molecule has 64 heavy (non-hydrogen) atoms. The molecule has 323 valence electrons. The fraction of sp³-hybridized carbons (Fsp3) is 0.211. The van der Waals surface area contributed by atoms with E-state index >= 15 is 0 Å². The molecule has 0 aliphatic heterocycles. The zero-order valence-electron chi connectivity index (χ0n) is 39.0. The Morgan fingerprint density at radius 2 is 1.31 bits per heavy atom. The summed E-state index contributed by atoms with van der Waals surface area (Å²) in [5, 5.41) is 4.45. The Kier molecular flexibility index (Phi) is 12.3. The summed E-state index contributed by atoms with van der Waals surface area (Å²) in [6.07, 6.45) is 3.96. The monoisotopic (exact) mass is 1030 g/mol. The van der Waals surface area contributed by atoms with Crippen molar-refractivity contribution in [3.63, 3.8) is 0 Å². The molecule has 0 saturated heterocycles. The summed E-state index contributed by atoms with van der Waals surface area (Å²) < 4.78 is 17.3. The second kappa shape index (κ2) is 18.2. The number of aromatic nitrogens is 4. The van der Waals surface area contributed by atoms with Crippen LogP contribution in [0.15, 0.2) is 150 Å². The SMILES string of the molecule is CC(C)c1cc(-c2ccccc2)cc(C(C)C)c1-n1c(-c2[c-]ccc3c2oc2ccccc23)nc2c3ccccc3ncc21.[2H]C(C)(C)c1cc(-c2[c-]cccc2)ncc1[Si](C)(C)C.[Ir]. The molecule has 0 unspecified atom stereocenters. The minimum atomic E-state index is -1.50. The maximum Gasteiger partial charge on any atom is 0.120 e. The first kappa shape index (κ1) is 43.3. The minimum absolute atomic E-state index is 0. The predicted molar refractivity (Wildman–Crippen MR) is 267 cm³/mol. The van der Waals surface area contributed by atoms with Gasteiger partial charge in [-0.2, -0.15) is 0 Å². The molecular formula is C57H54IrN4OSi-2. The number of imidazole rings is 1. The van der Waals surface area contributed by atoms with E-state index in [0.29, 0.717) is 0 Å². The molecular weight excluding hydrogens is 977 g/mol. The van der Waals surface area contributed by atoms with E-state index in [1.807, 2.05) is 80.8 Å². The molecule has 0 amide bonds. The van der Waals surface area contributed by atoms with Crippen molar-refractivity contribution in [2.75, 3.05) is 0 Å². The van der Waals surface area contributed by atoms with E-state index in [0.717, 1.165) is 77.8 Å². The Balaban J connectivity index is 0.000000232. The van der Waals surface area contributed by atoms with Gasteiger partial charge >= 0.3 is 0 Å². The third-order valence-electron chi connectivity index (χ3n) is 11.9. The molecule has 0 spiro atoms. The zero-order valence-corrected chi connectivity index (χ0v) is 41.4. The number of para-hydroxylation sites is 2. The van der Waals surface area contributed by atoms with Crippen molar-refractivity contribution in [2.24, 2.45) is 0 Å². The van der Waals surface area contributed by atoms with Crippen molar-refractivity contribution in [3.8, 4) is 39.5 Å². The maximum absolute atomic E-state index is 8.44. The summed E-state index contributed by atoms with van der Waals surface area (Å²) in [7, 11) is -1.50. The number of rotatable bonds is 8. The maximum atomic E-state index is 8.44. The Bertz CT molecular complexity index is 3280. The van der Waals surface area contributed by atoms with Crippen LogP contribution in [0.5, 0.6) is 0 Å². The molecule has 7 heteroatoms. The molecule has 5 nitrogen and oxygen atoms in total. The largest absolute Gasteiger partial charge is 0.501 e. The van der Waals surface area contributed by atoms with E-state index in [2.05, 4.69) is 148 Å². The van der Waals surface area contributed by atoms with E-state index in [4.69, 9.17) is 15.8 Å². The molecule has 0 fully saturated rings. The van der Waals surface area contributed by atoms with Crippen LogP contribution in [0.25, 0.3) is 83.3 Å². The predicted octanol–water partition coefficient (Wildman–Crippen LogP) is 15.1. The Labute approximate surface area is 393 Å². The molecule has 4 aromatic heterocycles. The molecule has 1 radical (unpaired) electrons. The molecule has 0 bridgehead atoms. The van der Waals surface area contributed by atoms with Gasteiger partial charge in [0, 0.05) is 44.1 Å². The van der Waals surface area contributed by atoms with Crippen LogP contribution in [-0.4, -0.2) is 27.6 Å². The van der Waals surface area contributed by atoms with Crippen molar-refractivity contribution in [1.82, 2.24) is 19.5 Å². The summed E-state index contributed by atoms with van der Waals surface area (Å²) in [5.74, 6) is 0.716. The van der Waals surface area contributed by atoms with Gasteiger partial charge in [0.15, 0.2) is 0 Å². The van der Waals surface area contributed by atoms with Gasteiger partial charge in [-0.05, 0) is 75.1 Å². The van der Waals surface area contributed by atoms with Crippen LogP contribution in [0.3, 0.4) is 0 Å². The van der Waals surface area contributed by atoms with Crippen molar-refractivity contribution in [2.45, 2.75) is 78.9 Å². The first-order valence-electron chi connectivity index (χ1n) is 22.5. The standard InChI is InChI=1S/C40H32N3O.C17H22NSi.Ir/c1-24(2)32-21-27(26-13-6-5-7-14-26)22-33(25(3)4)38(32)43-35-23-41-34-19-10-8-16-30(34)37(35)42-40(43)31-18-12-17-29-28-15-9-11-20-36(28)44-39(29)31;1-13(2)15-11-16(14-9-7-6-8-10-14)18-12-17(15)19(3,4)5;/h5-17,19-25H,1-4H3;6-9,11-13H,1-5H3;/q2*-1;/i;13D;. The van der Waals surface area contributed by atoms with Crippen molar-refractivity contribution in [1.29, 1.82) is 0 Å². The summed E-state index contributed by atoms with van der Waals surface area (Å²) >= 11 is 0. The molecule has 0 saturated carbocycles. The fourth-order valence-corrected chi connectivity index (χ4v) is 10.3. The topological polar surface area (TPSA) is 56.7 Å². The average Bonchev–Trinajstić information content (AvgIpc) is 3.88. The van der Waals surface area contributed by atoms with Gasteiger partial charge in [0.05, 0.1) is 42.2 Å². The van der Waals surface area contributed by atoms with Crippen LogP contribution >= 0.6 is 0 Å².